The quantitative estimate of drug-likeness (QED) is 0.714. The van der Waals surface area contributed by atoms with Gasteiger partial charge in [-0.2, -0.15) is 0 Å². The Bertz CT molecular complexity index is 483. The lowest BCUT2D eigenvalue weighted by molar-refractivity contribution is 0.0907. The van der Waals surface area contributed by atoms with Crippen LogP contribution in [0.5, 0.6) is 0 Å². The van der Waals surface area contributed by atoms with Crippen LogP contribution < -0.4 is 0 Å². The number of fused-ring (bicyclic) bond motifs is 1. The first-order chi connectivity index (χ1) is 7.33. The SMILES string of the molecule is Cc1ccc2oc([C@@H]3CCCO3)nc2c1. The maximum Gasteiger partial charge on any atom is 0.224 e. The van der Waals surface area contributed by atoms with Crippen molar-refractivity contribution in [2.75, 3.05) is 6.61 Å². The second-order valence-corrected chi connectivity index (χ2v) is 4.02. The monoisotopic (exact) mass is 203 g/mol. The van der Waals surface area contributed by atoms with Crippen molar-refractivity contribution in [3.05, 3.63) is 29.7 Å². The lowest BCUT2D eigenvalue weighted by Crippen LogP contribution is -1.94. The zero-order chi connectivity index (χ0) is 10.3. The van der Waals surface area contributed by atoms with Gasteiger partial charge in [-0.15, -0.1) is 0 Å². The highest BCUT2D eigenvalue weighted by Crippen LogP contribution is 2.30. The van der Waals surface area contributed by atoms with Gasteiger partial charge in [0.25, 0.3) is 0 Å². The number of ether oxygens (including phenoxy) is 1. The summed E-state index contributed by atoms with van der Waals surface area (Å²) in [5, 5.41) is 0. The normalized spacial score (nSPS) is 21.3. The summed E-state index contributed by atoms with van der Waals surface area (Å²) in [5.41, 5.74) is 2.99. The first-order valence-electron chi connectivity index (χ1n) is 5.31. The molecule has 1 aliphatic rings. The fraction of sp³-hybridized carbons (Fsp3) is 0.417. The van der Waals surface area contributed by atoms with E-state index in [9.17, 15) is 0 Å². The highest BCUT2D eigenvalue weighted by Gasteiger charge is 2.22. The minimum Gasteiger partial charge on any atom is -0.438 e. The first-order valence-corrected chi connectivity index (χ1v) is 5.31. The number of rotatable bonds is 1. The summed E-state index contributed by atoms with van der Waals surface area (Å²) < 4.78 is 11.2. The van der Waals surface area contributed by atoms with Gasteiger partial charge in [0, 0.05) is 6.61 Å². The van der Waals surface area contributed by atoms with E-state index in [0.717, 1.165) is 36.4 Å². The molecule has 15 heavy (non-hydrogen) atoms. The zero-order valence-electron chi connectivity index (χ0n) is 8.69. The van der Waals surface area contributed by atoms with Crippen LogP contribution in [0.15, 0.2) is 22.6 Å². The van der Waals surface area contributed by atoms with E-state index in [0.29, 0.717) is 0 Å². The number of oxazole rings is 1. The topological polar surface area (TPSA) is 35.3 Å². The molecule has 0 N–H and O–H groups in total. The van der Waals surface area contributed by atoms with Gasteiger partial charge >= 0.3 is 0 Å². The van der Waals surface area contributed by atoms with Crippen molar-refractivity contribution < 1.29 is 9.15 Å². The van der Waals surface area contributed by atoms with Crippen LogP contribution in [0.25, 0.3) is 11.1 Å². The van der Waals surface area contributed by atoms with Crippen LogP contribution in [0, 0.1) is 6.92 Å². The number of nitrogens with zero attached hydrogens (tertiary/aromatic N) is 1. The fourth-order valence-electron chi connectivity index (χ4n) is 1.97. The van der Waals surface area contributed by atoms with Crippen LogP contribution in [0.1, 0.15) is 30.4 Å². The van der Waals surface area contributed by atoms with Crippen molar-refractivity contribution in [2.24, 2.45) is 0 Å². The van der Waals surface area contributed by atoms with Crippen LogP contribution in [0.3, 0.4) is 0 Å². The Kier molecular flexibility index (Phi) is 1.99. The third-order valence-corrected chi connectivity index (χ3v) is 2.76. The third-order valence-electron chi connectivity index (χ3n) is 2.76. The molecule has 1 aliphatic heterocycles. The van der Waals surface area contributed by atoms with E-state index in [2.05, 4.69) is 11.9 Å². The predicted octanol–water partition coefficient (Wildman–Crippen LogP) is 2.99. The number of benzene rings is 1. The van der Waals surface area contributed by atoms with Gasteiger partial charge in [0.15, 0.2) is 5.58 Å². The molecule has 0 amide bonds. The molecule has 1 aromatic carbocycles. The van der Waals surface area contributed by atoms with E-state index in [1.807, 2.05) is 18.2 Å². The highest BCUT2D eigenvalue weighted by molar-refractivity contribution is 5.73. The van der Waals surface area contributed by atoms with Gasteiger partial charge in [0.05, 0.1) is 0 Å². The number of aromatic nitrogens is 1. The molecular formula is C12H13NO2. The Morgan fingerprint density at radius 1 is 1.40 bits per heavy atom. The fourth-order valence-corrected chi connectivity index (χ4v) is 1.97. The van der Waals surface area contributed by atoms with Crippen LogP contribution in [0.4, 0.5) is 0 Å². The molecule has 3 rings (SSSR count). The summed E-state index contributed by atoms with van der Waals surface area (Å²) in [7, 11) is 0. The van der Waals surface area contributed by atoms with Crippen molar-refractivity contribution in [3.63, 3.8) is 0 Å². The molecule has 0 radical (unpaired) electrons. The molecule has 2 heterocycles. The molecule has 0 saturated carbocycles. The molecule has 1 atom stereocenters. The lowest BCUT2D eigenvalue weighted by Gasteiger charge is -2.01. The summed E-state index contributed by atoms with van der Waals surface area (Å²) in [4.78, 5) is 4.46. The molecule has 0 aliphatic carbocycles. The van der Waals surface area contributed by atoms with E-state index in [1.54, 1.807) is 0 Å². The minimum atomic E-state index is 0.0673. The second-order valence-electron chi connectivity index (χ2n) is 4.02. The third kappa shape index (κ3) is 1.53. The average Bonchev–Trinajstić information content (AvgIpc) is 2.84. The van der Waals surface area contributed by atoms with Gasteiger partial charge < -0.3 is 9.15 Å². The molecule has 3 heteroatoms. The molecule has 0 spiro atoms. The van der Waals surface area contributed by atoms with Gasteiger partial charge in [0.2, 0.25) is 5.89 Å². The van der Waals surface area contributed by atoms with Crippen molar-refractivity contribution in [1.29, 1.82) is 0 Å². The Balaban J connectivity index is 2.05. The summed E-state index contributed by atoms with van der Waals surface area (Å²) >= 11 is 0. The van der Waals surface area contributed by atoms with Crippen molar-refractivity contribution in [3.8, 4) is 0 Å². The van der Waals surface area contributed by atoms with E-state index in [-0.39, 0.29) is 6.10 Å². The summed E-state index contributed by atoms with van der Waals surface area (Å²) in [6.45, 7) is 2.88. The maximum atomic E-state index is 5.67. The van der Waals surface area contributed by atoms with Crippen molar-refractivity contribution in [2.45, 2.75) is 25.9 Å². The van der Waals surface area contributed by atoms with Gasteiger partial charge in [-0.1, -0.05) is 6.07 Å². The largest absolute Gasteiger partial charge is 0.438 e. The van der Waals surface area contributed by atoms with Crippen LogP contribution in [-0.4, -0.2) is 11.6 Å². The lowest BCUT2D eigenvalue weighted by atomic mass is 10.2. The van der Waals surface area contributed by atoms with Gasteiger partial charge in [-0.25, -0.2) is 4.98 Å². The Morgan fingerprint density at radius 3 is 3.13 bits per heavy atom. The molecule has 3 nitrogen and oxygen atoms in total. The molecule has 0 unspecified atom stereocenters. The standard InChI is InChI=1S/C12H13NO2/c1-8-4-5-10-9(7-8)13-12(15-10)11-3-2-6-14-11/h4-5,7,11H,2-3,6H2,1H3/t11-/m0/s1. The number of hydrogen-bond acceptors (Lipinski definition) is 3. The number of aryl methyl sites for hydroxylation is 1. The Morgan fingerprint density at radius 2 is 2.33 bits per heavy atom. The molecule has 0 bridgehead atoms. The molecular weight excluding hydrogens is 190 g/mol. The highest BCUT2D eigenvalue weighted by atomic mass is 16.5. The Hall–Kier alpha value is -1.35. The van der Waals surface area contributed by atoms with E-state index in [1.165, 1.54) is 5.56 Å². The van der Waals surface area contributed by atoms with Crippen LogP contribution in [-0.2, 0) is 4.74 Å². The van der Waals surface area contributed by atoms with Crippen molar-refractivity contribution in [1.82, 2.24) is 4.98 Å². The van der Waals surface area contributed by atoms with Crippen LogP contribution >= 0.6 is 0 Å². The first kappa shape index (κ1) is 8.92. The molecule has 1 saturated heterocycles. The summed E-state index contributed by atoms with van der Waals surface area (Å²) in [6, 6.07) is 6.04. The minimum absolute atomic E-state index is 0.0673. The van der Waals surface area contributed by atoms with E-state index in [4.69, 9.17) is 9.15 Å². The van der Waals surface area contributed by atoms with Crippen molar-refractivity contribution >= 4 is 11.1 Å². The molecule has 1 fully saturated rings. The number of hydrogen-bond donors (Lipinski definition) is 0. The molecule has 1 aromatic heterocycles. The Labute approximate surface area is 88.1 Å². The van der Waals surface area contributed by atoms with Gasteiger partial charge in [-0.05, 0) is 37.5 Å². The zero-order valence-corrected chi connectivity index (χ0v) is 8.69. The van der Waals surface area contributed by atoms with Crippen LogP contribution in [0.2, 0.25) is 0 Å². The summed E-state index contributed by atoms with van der Waals surface area (Å²) in [5.74, 6) is 0.730. The van der Waals surface area contributed by atoms with E-state index >= 15 is 0 Å². The summed E-state index contributed by atoms with van der Waals surface area (Å²) in [6.07, 6.45) is 2.19. The molecule has 2 aromatic rings. The smallest absolute Gasteiger partial charge is 0.224 e. The van der Waals surface area contributed by atoms with Gasteiger partial charge in [0.1, 0.15) is 11.6 Å². The van der Waals surface area contributed by atoms with Gasteiger partial charge in [-0.3, -0.25) is 0 Å². The van der Waals surface area contributed by atoms with E-state index < -0.39 is 0 Å². The maximum absolute atomic E-state index is 5.67. The average molecular weight is 203 g/mol. The second kappa shape index (κ2) is 3.35. The molecule has 78 valence electrons. The predicted molar refractivity (Wildman–Crippen MR) is 56.7 cm³/mol.